The van der Waals surface area contributed by atoms with Crippen molar-refractivity contribution in [1.29, 1.82) is 0 Å². The first-order valence-electron chi connectivity index (χ1n) is 7.41. The maximum atomic E-state index is 12.4. The average molecular weight is 324 g/mol. The van der Waals surface area contributed by atoms with Gasteiger partial charge in [0.15, 0.2) is 14.9 Å². The standard InChI is InChI=1S/C14H18N2O3S.C2H6/c1-10(2)9-16(14(17)11-6-7-11)12-5-4-8-15-13(12)20(3,18)19;1-2/h4-5,8,11H,1,6-7,9H2,2-3H3;1-2H3. The highest BCUT2D eigenvalue weighted by molar-refractivity contribution is 7.90. The van der Waals surface area contributed by atoms with Gasteiger partial charge in [-0.15, -0.1) is 0 Å². The van der Waals surface area contributed by atoms with Crippen LogP contribution < -0.4 is 4.90 Å². The van der Waals surface area contributed by atoms with E-state index in [4.69, 9.17) is 0 Å². The lowest BCUT2D eigenvalue weighted by molar-refractivity contribution is -0.119. The fourth-order valence-corrected chi connectivity index (χ4v) is 2.79. The van der Waals surface area contributed by atoms with Crippen molar-refractivity contribution in [2.45, 2.75) is 38.6 Å². The van der Waals surface area contributed by atoms with Gasteiger partial charge in [-0.2, -0.15) is 0 Å². The number of sulfone groups is 1. The zero-order valence-electron chi connectivity index (χ0n) is 13.7. The van der Waals surface area contributed by atoms with Crippen LogP contribution in [0, 0.1) is 5.92 Å². The Bertz CT molecular complexity index is 649. The van der Waals surface area contributed by atoms with Gasteiger partial charge < -0.3 is 4.90 Å². The zero-order valence-corrected chi connectivity index (χ0v) is 14.5. The highest BCUT2D eigenvalue weighted by Gasteiger charge is 2.35. The SMILES string of the molecule is C=C(C)CN(C(=O)C1CC1)c1cccnc1S(C)(=O)=O.CC. The van der Waals surface area contributed by atoms with E-state index in [1.54, 1.807) is 12.1 Å². The monoisotopic (exact) mass is 324 g/mol. The number of rotatable bonds is 5. The third-order valence-corrected chi connectivity index (χ3v) is 4.03. The summed E-state index contributed by atoms with van der Waals surface area (Å²) in [5.41, 5.74) is 1.14. The highest BCUT2D eigenvalue weighted by atomic mass is 32.2. The van der Waals surface area contributed by atoms with E-state index >= 15 is 0 Å². The number of hydrogen-bond acceptors (Lipinski definition) is 4. The van der Waals surface area contributed by atoms with Crippen LogP contribution >= 0.6 is 0 Å². The maximum absolute atomic E-state index is 12.4. The van der Waals surface area contributed by atoms with Crippen LogP contribution in [0.25, 0.3) is 0 Å². The molecule has 0 unspecified atom stereocenters. The fraction of sp³-hybridized carbons (Fsp3) is 0.500. The van der Waals surface area contributed by atoms with E-state index < -0.39 is 9.84 Å². The first-order valence-corrected chi connectivity index (χ1v) is 9.30. The highest BCUT2D eigenvalue weighted by Crippen LogP contribution is 2.34. The summed E-state index contributed by atoms with van der Waals surface area (Å²) in [6.07, 6.45) is 4.24. The minimum absolute atomic E-state index is 0.00182. The van der Waals surface area contributed by atoms with Crippen LogP contribution in [-0.4, -0.2) is 32.1 Å². The van der Waals surface area contributed by atoms with Crippen LogP contribution in [0.15, 0.2) is 35.5 Å². The van der Waals surface area contributed by atoms with E-state index in [1.807, 2.05) is 20.8 Å². The van der Waals surface area contributed by atoms with Crippen molar-refractivity contribution in [3.63, 3.8) is 0 Å². The molecule has 1 saturated carbocycles. The van der Waals surface area contributed by atoms with Crippen molar-refractivity contribution in [2.75, 3.05) is 17.7 Å². The first-order chi connectivity index (χ1) is 10.3. The zero-order chi connectivity index (χ0) is 16.9. The van der Waals surface area contributed by atoms with Crippen LogP contribution in [0.5, 0.6) is 0 Å². The molecule has 0 bridgehead atoms. The molecule has 1 aliphatic carbocycles. The minimum atomic E-state index is -3.49. The van der Waals surface area contributed by atoms with Crippen LogP contribution in [-0.2, 0) is 14.6 Å². The van der Waals surface area contributed by atoms with E-state index in [9.17, 15) is 13.2 Å². The predicted octanol–water partition coefficient (Wildman–Crippen LogP) is 2.83. The fourth-order valence-electron chi connectivity index (χ4n) is 1.98. The molecule has 0 spiro atoms. The van der Waals surface area contributed by atoms with Gasteiger partial charge in [0.25, 0.3) is 0 Å². The second kappa shape index (κ2) is 7.54. The third-order valence-electron chi connectivity index (χ3n) is 3.01. The topological polar surface area (TPSA) is 67.3 Å². The number of anilines is 1. The molecule has 0 atom stereocenters. The number of aromatic nitrogens is 1. The Morgan fingerprint density at radius 1 is 1.41 bits per heavy atom. The normalized spacial score (nSPS) is 13.8. The molecule has 0 saturated heterocycles. The van der Waals surface area contributed by atoms with Crippen molar-refractivity contribution in [3.05, 3.63) is 30.5 Å². The number of carbonyl (C=O) groups is 1. The van der Waals surface area contributed by atoms with Crippen molar-refractivity contribution < 1.29 is 13.2 Å². The number of carbonyl (C=O) groups excluding carboxylic acids is 1. The quantitative estimate of drug-likeness (QED) is 0.781. The first kappa shape index (κ1) is 18.4. The van der Waals surface area contributed by atoms with Gasteiger partial charge in [0, 0.05) is 24.9 Å². The van der Waals surface area contributed by atoms with Crippen molar-refractivity contribution >= 4 is 21.4 Å². The van der Waals surface area contributed by atoms with Gasteiger partial charge in [-0.3, -0.25) is 4.79 Å². The molecule has 0 aromatic carbocycles. The Kier molecular flexibility index (Phi) is 6.29. The minimum Gasteiger partial charge on any atom is -0.305 e. The van der Waals surface area contributed by atoms with E-state index in [-0.39, 0.29) is 16.9 Å². The molecule has 6 heteroatoms. The lowest BCUT2D eigenvalue weighted by Crippen LogP contribution is -2.34. The van der Waals surface area contributed by atoms with Crippen LogP contribution in [0.3, 0.4) is 0 Å². The van der Waals surface area contributed by atoms with Crippen LogP contribution in [0.2, 0.25) is 0 Å². The van der Waals surface area contributed by atoms with Gasteiger partial charge in [-0.05, 0) is 31.9 Å². The second-order valence-corrected chi connectivity index (χ2v) is 7.19. The van der Waals surface area contributed by atoms with Gasteiger partial charge in [0.2, 0.25) is 5.91 Å². The number of amides is 1. The maximum Gasteiger partial charge on any atom is 0.230 e. The largest absolute Gasteiger partial charge is 0.305 e. The number of hydrogen-bond donors (Lipinski definition) is 0. The molecule has 1 fully saturated rings. The second-order valence-electron chi connectivity index (χ2n) is 5.26. The predicted molar refractivity (Wildman–Crippen MR) is 88.6 cm³/mol. The smallest absolute Gasteiger partial charge is 0.230 e. The molecule has 0 N–H and O–H groups in total. The van der Waals surface area contributed by atoms with Gasteiger partial charge in [-0.1, -0.05) is 26.0 Å². The molecular weight excluding hydrogens is 300 g/mol. The molecule has 1 aliphatic rings. The van der Waals surface area contributed by atoms with Crippen LogP contribution in [0.1, 0.15) is 33.6 Å². The summed E-state index contributed by atoms with van der Waals surface area (Å²) in [6.45, 7) is 9.93. The molecule has 0 aliphatic heterocycles. The number of pyridine rings is 1. The van der Waals surface area contributed by atoms with Gasteiger partial charge in [0.05, 0.1) is 5.69 Å². The molecule has 0 radical (unpaired) electrons. The van der Waals surface area contributed by atoms with Crippen molar-refractivity contribution in [1.82, 2.24) is 4.98 Å². The van der Waals surface area contributed by atoms with E-state index in [0.717, 1.165) is 24.7 Å². The number of nitrogens with zero attached hydrogens (tertiary/aromatic N) is 2. The van der Waals surface area contributed by atoms with Gasteiger partial charge in [0.1, 0.15) is 0 Å². The molecule has 1 aromatic rings. The van der Waals surface area contributed by atoms with Gasteiger partial charge >= 0.3 is 0 Å². The Hall–Kier alpha value is -1.69. The molecule has 1 heterocycles. The summed E-state index contributed by atoms with van der Waals surface area (Å²) in [5.74, 6) is -0.0483. The van der Waals surface area contributed by atoms with E-state index in [1.165, 1.54) is 11.1 Å². The molecule has 1 aromatic heterocycles. The molecular formula is C16H24N2O3S. The molecule has 22 heavy (non-hydrogen) atoms. The third kappa shape index (κ3) is 4.66. The lowest BCUT2D eigenvalue weighted by atomic mass is 10.2. The lowest BCUT2D eigenvalue weighted by Gasteiger charge is -2.24. The Morgan fingerprint density at radius 2 is 2.00 bits per heavy atom. The summed E-state index contributed by atoms with van der Waals surface area (Å²) < 4.78 is 23.7. The van der Waals surface area contributed by atoms with Crippen molar-refractivity contribution in [2.24, 2.45) is 5.92 Å². The van der Waals surface area contributed by atoms with Crippen LogP contribution in [0.4, 0.5) is 5.69 Å². The summed E-state index contributed by atoms with van der Waals surface area (Å²) in [4.78, 5) is 17.8. The van der Waals surface area contributed by atoms with E-state index in [2.05, 4.69) is 11.6 Å². The summed E-state index contributed by atoms with van der Waals surface area (Å²) in [5, 5.41) is -0.0600. The Balaban J connectivity index is 0.00000116. The molecule has 2 rings (SSSR count). The van der Waals surface area contributed by atoms with Gasteiger partial charge in [-0.25, -0.2) is 13.4 Å². The Morgan fingerprint density at radius 3 is 2.45 bits per heavy atom. The summed E-state index contributed by atoms with van der Waals surface area (Å²) >= 11 is 0. The summed E-state index contributed by atoms with van der Waals surface area (Å²) in [7, 11) is -3.49. The molecule has 122 valence electrons. The molecule has 1 amide bonds. The average Bonchev–Trinajstić information content (AvgIpc) is 3.30. The molecule has 5 nitrogen and oxygen atoms in total. The van der Waals surface area contributed by atoms with Crippen molar-refractivity contribution in [3.8, 4) is 0 Å². The summed E-state index contributed by atoms with van der Waals surface area (Å²) in [6, 6.07) is 3.25. The Labute approximate surface area is 133 Å². The van der Waals surface area contributed by atoms with E-state index in [0.29, 0.717) is 12.2 Å².